The topological polar surface area (TPSA) is 52.6 Å². The Labute approximate surface area is 134 Å². The number of hydrogen-bond donors (Lipinski definition) is 2. The van der Waals surface area contributed by atoms with Crippen LogP contribution < -0.4 is 10.6 Å². The molecule has 1 fully saturated rings. The number of aliphatic imine (C=N–C) groups is 1. The van der Waals surface area contributed by atoms with Crippen LogP contribution in [0.2, 0.25) is 0 Å². The molecule has 0 radical (unpaired) electrons. The first-order valence-corrected chi connectivity index (χ1v) is 8.38. The summed E-state index contributed by atoms with van der Waals surface area (Å²) in [4.78, 5) is 11.2. The van der Waals surface area contributed by atoms with Gasteiger partial charge in [-0.15, -0.1) is 0 Å². The Hall–Kier alpha value is -1.62. The fourth-order valence-corrected chi connectivity index (χ4v) is 2.88. The van der Waals surface area contributed by atoms with E-state index >= 15 is 0 Å². The predicted molar refractivity (Wildman–Crippen MR) is 91.9 cm³/mol. The summed E-state index contributed by atoms with van der Waals surface area (Å²) in [6, 6.07) is 6.69. The number of likely N-dealkylation sites (tertiary alicyclic amines) is 1. The molecule has 5 nitrogen and oxygen atoms in total. The van der Waals surface area contributed by atoms with Crippen LogP contribution in [0.3, 0.4) is 0 Å². The Bertz CT molecular complexity index is 446. The first-order valence-electron chi connectivity index (χ1n) is 8.38. The number of guanidine groups is 1. The van der Waals surface area contributed by atoms with Crippen LogP contribution in [0.1, 0.15) is 38.3 Å². The van der Waals surface area contributed by atoms with E-state index in [1.807, 2.05) is 24.4 Å². The lowest BCUT2D eigenvalue weighted by molar-refractivity contribution is 0.159. The van der Waals surface area contributed by atoms with Gasteiger partial charge in [-0.2, -0.15) is 0 Å². The van der Waals surface area contributed by atoms with Gasteiger partial charge in [-0.25, -0.2) is 0 Å². The zero-order valence-electron chi connectivity index (χ0n) is 13.9. The lowest BCUT2D eigenvalue weighted by atomic mass is 10.0. The molecule has 2 heterocycles. The highest BCUT2D eigenvalue weighted by Crippen LogP contribution is 2.15. The summed E-state index contributed by atoms with van der Waals surface area (Å²) < 4.78 is 0. The predicted octanol–water partition coefficient (Wildman–Crippen LogP) is 2.01. The molecule has 0 saturated carbocycles. The Morgan fingerprint density at radius 2 is 2.27 bits per heavy atom. The van der Waals surface area contributed by atoms with Crippen LogP contribution in [0.25, 0.3) is 0 Å². The molecule has 0 aromatic carbocycles. The molecule has 2 N–H and O–H groups in total. The first kappa shape index (κ1) is 16.7. The molecule has 1 aliphatic heterocycles. The number of piperidine rings is 1. The maximum absolute atomic E-state index is 4.30. The molecule has 1 unspecified atom stereocenters. The van der Waals surface area contributed by atoms with Crippen LogP contribution >= 0.6 is 0 Å². The van der Waals surface area contributed by atoms with Crippen LogP contribution in [0.15, 0.2) is 29.4 Å². The van der Waals surface area contributed by atoms with Gasteiger partial charge in [-0.1, -0.05) is 12.5 Å². The van der Waals surface area contributed by atoms with Crippen LogP contribution in [0.4, 0.5) is 0 Å². The van der Waals surface area contributed by atoms with Crippen LogP contribution in [-0.2, 0) is 6.54 Å². The van der Waals surface area contributed by atoms with Crippen molar-refractivity contribution in [3.05, 3.63) is 30.1 Å². The molecule has 0 bridgehead atoms. The second-order valence-corrected chi connectivity index (χ2v) is 5.91. The van der Waals surface area contributed by atoms with Crippen molar-refractivity contribution in [1.29, 1.82) is 0 Å². The van der Waals surface area contributed by atoms with Crippen molar-refractivity contribution in [2.75, 3.05) is 26.7 Å². The molecule has 122 valence electrons. The van der Waals surface area contributed by atoms with Gasteiger partial charge in [0.25, 0.3) is 0 Å². The quantitative estimate of drug-likeness (QED) is 0.479. The number of pyridine rings is 1. The monoisotopic (exact) mass is 303 g/mol. The summed E-state index contributed by atoms with van der Waals surface area (Å²) in [5.41, 5.74) is 1.02. The number of rotatable bonds is 6. The van der Waals surface area contributed by atoms with Crippen LogP contribution in [0.5, 0.6) is 0 Å². The molecule has 1 atom stereocenters. The number of hydrogen-bond acceptors (Lipinski definition) is 3. The summed E-state index contributed by atoms with van der Waals surface area (Å²) in [5.74, 6) is 0.845. The second-order valence-electron chi connectivity index (χ2n) is 5.91. The summed E-state index contributed by atoms with van der Waals surface area (Å²) in [6.45, 7) is 6.42. The lowest BCUT2D eigenvalue weighted by Crippen LogP contribution is -2.41. The average molecular weight is 303 g/mol. The van der Waals surface area contributed by atoms with E-state index in [9.17, 15) is 0 Å². The molecule has 1 aromatic rings. The minimum atomic E-state index is 0.698. The lowest BCUT2D eigenvalue weighted by Gasteiger charge is -2.33. The number of nitrogens with one attached hydrogen (secondary N) is 2. The van der Waals surface area contributed by atoms with Crippen molar-refractivity contribution in [3.63, 3.8) is 0 Å². The highest BCUT2D eigenvalue weighted by Gasteiger charge is 2.16. The fraction of sp³-hybridized carbons (Fsp3) is 0.647. The summed E-state index contributed by atoms with van der Waals surface area (Å²) in [6.07, 6.45) is 7.05. The molecule has 22 heavy (non-hydrogen) atoms. The molecule has 1 aliphatic rings. The van der Waals surface area contributed by atoms with Crippen molar-refractivity contribution >= 4 is 5.96 Å². The zero-order valence-corrected chi connectivity index (χ0v) is 13.9. The molecule has 1 aromatic heterocycles. The van der Waals surface area contributed by atoms with E-state index in [-0.39, 0.29) is 0 Å². The molecule has 5 heteroatoms. The summed E-state index contributed by atoms with van der Waals surface area (Å²) in [5, 5.41) is 6.67. The van der Waals surface area contributed by atoms with Gasteiger partial charge >= 0.3 is 0 Å². The number of aromatic nitrogens is 1. The highest BCUT2D eigenvalue weighted by molar-refractivity contribution is 5.79. The SMILES string of the molecule is CN=C(NCCCN1CCCCC1C)NCc1ccccn1. The van der Waals surface area contributed by atoms with Gasteiger partial charge in [-0.05, 0) is 44.9 Å². The molecule has 2 rings (SSSR count). The Morgan fingerprint density at radius 1 is 1.36 bits per heavy atom. The summed E-state index contributed by atoms with van der Waals surface area (Å²) in [7, 11) is 1.81. The smallest absolute Gasteiger partial charge is 0.191 e. The van der Waals surface area contributed by atoms with Gasteiger partial charge in [0.15, 0.2) is 5.96 Å². The number of nitrogens with zero attached hydrogens (tertiary/aromatic N) is 3. The maximum atomic E-state index is 4.30. The molecule has 0 aliphatic carbocycles. The maximum Gasteiger partial charge on any atom is 0.191 e. The Kier molecular flexibility index (Phi) is 7.16. The Morgan fingerprint density at radius 3 is 3.00 bits per heavy atom. The van der Waals surface area contributed by atoms with E-state index in [4.69, 9.17) is 0 Å². The fourth-order valence-electron chi connectivity index (χ4n) is 2.88. The van der Waals surface area contributed by atoms with E-state index in [1.54, 1.807) is 7.05 Å². The normalized spacial score (nSPS) is 19.9. The second kappa shape index (κ2) is 9.41. The van der Waals surface area contributed by atoms with Gasteiger partial charge in [-0.3, -0.25) is 9.98 Å². The van der Waals surface area contributed by atoms with E-state index in [2.05, 4.69) is 32.4 Å². The van der Waals surface area contributed by atoms with Gasteiger partial charge < -0.3 is 15.5 Å². The van der Waals surface area contributed by atoms with Crippen LogP contribution in [0, 0.1) is 0 Å². The van der Waals surface area contributed by atoms with E-state index in [0.717, 1.165) is 30.7 Å². The van der Waals surface area contributed by atoms with Gasteiger partial charge in [0.05, 0.1) is 12.2 Å². The third kappa shape index (κ3) is 5.64. The minimum Gasteiger partial charge on any atom is -0.356 e. The highest BCUT2D eigenvalue weighted by atomic mass is 15.2. The van der Waals surface area contributed by atoms with E-state index in [1.165, 1.54) is 32.4 Å². The standard InChI is InChI=1S/C17H29N5/c1-15-8-4-6-12-22(15)13-7-11-20-17(18-2)21-14-16-9-3-5-10-19-16/h3,5,9-10,15H,4,6-8,11-14H2,1-2H3,(H2,18,20,21). The first-order chi connectivity index (χ1) is 10.8. The molecule has 0 amide bonds. The summed E-state index contributed by atoms with van der Waals surface area (Å²) >= 11 is 0. The van der Waals surface area contributed by atoms with Crippen molar-refractivity contribution in [2.24, 2.45) is 4.99 Å². The largest absolute Gasteiger partial charge is 0.356 e. The van der Waals surface area contributed by atoms with Crippen molar-refractivity contribution < 1.29 is 0 Å². The molecular weight excluding hydrogens is 274 g/mol. The van der Waals surface area contributed by atoms with Gasteiger partial charge in [0, 0.05) is 32.4 Å². The van der Waals surface area contributed by atoms with Crippen LogP contribution in [-0.4, -0.2) is 48.6 Å². The Balaban J connectivity index is 1.62. The van der Waals surface area contributed by atoms with E-state index < -0.39 is 0 Å². The van der Waals surface area contributed by atoms with Crippen molar-refractivity contribution in [1.82, 2.24) is 20.5 Å². The third-order valence-electron chi connectivity index (χ3n) is 4.24. The molecule has 0 spiro atoms. The third-order valence-corrected chi connectivity index (χ3v) is 4.24. The molecular formula is C17H29N5. The van der Waals surface area contributed by atoms with Gasteiger partial charge in [0.1, 0.15) is 0 Å². The van der Waals surface area contributed by atoms with Gasteiger partial charge in [0.2, 0.25) is 0 Å². The van der Waals surface area contributed by atoms with E-state index in [0.29, 0.717) is 6.54 Å². The average Bonchev–Trinajstić information content (AvgIpc) is 2.56. The van der Waals surface area contributed by atoms with Crippen molar-refractivity contribution in [3.8, 4) is 0 Å². The molecule has 1 saturated heterocycles. The van der Waals surface area contributed by atoms with Crippen molar-refractivity contribution in [2.45, 2.75) is 45.2 Å². The zero-order chi connectivity index (χ0) is 15.6. The minimum absolute atomic E-state index is 0.698.